The zero-order chi connectivity index (χ0) is 50.9. The third-order valence-corrected chi connectivity index (χ3v) is 14.0. The number of piperazine rings is 1. The largest absolute Gasteiger partial charge is 0.491 e. The topological polar surface area (TPSA) is 117 Å². The molecule has 2 saturated heterocycles. The molecular formula is C58H61F2N9O5. The first kappa shape index (κ1) is 50.1. The van der Waals surface area contributed by atoms with E-state index in [4.69, 9.17) is 18.9 Å². The lowest BCUT2D eigenvalue weighted by Crippen LogP contribution is -2.46. The van der Waals surface area contributed by atoms with Crippen LogP contribution >= 0.6 is 0 Å². The Hall–Kier alpha value is -7.50. The van der Waals surface area contributed by atoms with Crippen LogP contribution in [0.15, 0.2) is 182 Å². The van der Waals surface area contributed by atoms with Crippen molar-refractivity contribution in [1.82, 2.24) is 34.0 Å². The molecular weight excluding hydrogens is 941 g/mol. The lowest BCUT2D eigenvalue weighted by Gasteiger charge is -2.37. The summed E-state index contributed by atoms with van der Waals surface area (Å²) < 4.78 is 58.6. The predicted octanol–water partition coefficient (Wildman–Crippen LogP) is 8.86. The molecule has 0 N–H and O–H groups in total. The number of nitrogens with zero attached hydrogens (tertiary/aromatic N) is 9. The molecule has 2 aliphatic heterocycles. The van der Waals surface area contributed by atoms with Gasteiger partial charge in [0.2, 0.25) is 5.79 Å². The molecule has 5 unspecified atom stereocenters. The fourth-order valence-electron chi connectivity index (χ4n) is 9.77. The number of ether oxygens (including phenoxy) is 4. The van der Waals surface area contributed by atoms with Crippen LogP contribution in [0.2, 0.25) is 0 Å². The van der Waals surface area contributed by atoms with Crippen LogP contribution < -0.4 is 20.2 Å². The summed E-state index contributed by atoms with van der Waals surface area (Å²) in [7, 11) is 0. The minimum Gasteiger partial charge on any atom is -0.491 e. The van der Waals surface area contributed by atoms with Crippen LogP contribution in [0.4, 0.5) is 20.2 Å². The Morgan fingerprint density at radius 2 is 1.31 bits per heavy atom. The van der Waals surface area contributed by atoms with Crippen LogP contribution in [0.3, 0.4) is 0 Å². The quantitative estimate of drug-likeness (QED) is 0.0688. The van der Waals surface area contributed by atoms with E-state index in [1.807, 2.05) is 68.4 Å². The lowest BCUT2D eigenvalue weighted by molar-refractivity contribution is -0.192. The van der Waals surface area contributed by atoms with Crippen molar-refractivity contribution in [2.45, 2.75) is 70.0 Å². The van der Waals surface area contributed by atoms with E-state index in [0.717, 1.165) is 68.8 Å². The number of halogens is 2. The van der Waals surface area contributed by atoms with Crippen molar-refractivity contribution in [3.8, 4) is 11.4 Å². The van der Waals surface area contributed by atoms with Gasteiger partial charge >= 0.3 is 5.69 Å². The Morgan fingerprint density at radius 3 is 1.91 bits per heavy atom. The van der Waals surface area contributed by atoms with Gasteiger partial charge in [-0.25, -0.2) is 32.5 Å². The summed E-state index contributed by atoms with van der Waals surface area (Å²) in [5.41, 5.74) is 6.48. The highest BCUT2D eigenvalue weighted by molar-refractivity contribution is 5.55. The standard InChI is InChI=1S/C58H61F2N9O5/c1-43(44(2)71-36-52(32-45-12-6-3-7-13-45)66(34-46-14-8-4-9-15-46)35-47-16-10-5-11-17-47)69-57(70)68(42-63-69)51-21-19-49(20-22-51)64-28-30-65(31-29-64)50-23-25-53(26-24-50)72-37-54-38-73-58(74-54,39-67-41-61-40-62-67)55-27-18-48(59)33-56(55)60/h3-27,33,40-44,52,54H,28-32,34-39H2,1-2H3. The average Bonchev–Trinajstić information content (AvgIpc) is 4.21. The third-order valence-electron chi connectivity index (χ3n) is 14.0. The van der Waals surface area contributed by atoms with Crippen molar-refractivity contribution in [2.24, 2.45) is 0 Å². The average molecular weight is 1000 g/mol. The normalized spacial score (nSPS) is 18.1. The molecule has 382 valence electrons. The molecule has 0 amide bonds. The molecule has 0 bridgehead atoms. The van der Waals surface area contributed by atoms with Crippen LogP contribution in [0.1, 0.15) is 42.1 Å². The second-order valence-corrected chi connectivity index (χ2v) is 19.0. The molecule has 0 spiro atoms. The lowest BCUT2D eigenvalue weighted by atomic mass is 10.0. The summed E-state index contributed by atoms with van der Waals surface area (Å²) >= 11 is 0. The number of hydrogen-bond donors (Lipinski definition) is 0. The van der Waals surface area contributed by atoms with Crippen molar-refractivity contribution in [3.63, 3.8) is 0 Å². The number of benzene rings is 6. The molecule has 6 aromatic carbocycles. The highest BCUT2D eigenvalue weighted by Crippen LogP contribution is 2.38. The van der Waals surface area contributed by atoms with Crippen LogP contribution in [0.25, 0.3) is 5.69 Å². The van der Waals surface area contributed by atoms with Gasteiger partial charge in [-0.3, -0.25) is 4.90 Å². The molecule has 8 aromatic rings. The Kier molecular flexibility index (Phi) is 15.7. The molecule has 0 aliphatic carbocycles. The van der Waals surface area contributed by atoms with Crippen LogP contribution in [0, 0.1) is 11.6 Å². The van der Waals surface area contributed by atoms with Crippen molar-refractivity contribution in [2.75, 3.05) is 55.8 Å². The monoisotopic (exact) mass is 1000 g/mol. The first-order valence-corrected chi connectivity index (χ1v) is 25.2. The fourth-order valence-corrected chi connectivity index (χ4v) is 9.77. The zero-order valence-corrected chi connectivity index (χ0v) is 41.7. The second-order valence-electron chi connectivity index (χ2n) is 19.0. The Balaban J connectivity index is 0.721. The van der Waals surface area contributed by atoms with Crippen molar-refractivity contribution in [1.29, 1.82) is 0 Å². The number of hydrogen-bond acceptors (Lipinski definition) is 11. The first-order valence-electron chi connectivity index (χ1n) is 25.2. The Bertz CT molecular complexity index is 3030. The zero-order valence-electron chi connectivity index (χ0n) is 41.7. The summed E-state index contributed by atoms with van der Waals surface area (Å²) in [4.78, 5) is 25.1. The maximum Gasteiger partial charge on any atom is 0.350 e. The molecule has 0 radical (unpaired) electrons. The Labute approximate surface area is 429 Å². The van der Waals surface area contributed by atoms with Gasteiger partial charge in [-0.15, -0.1) is 0 Å². The maximum atomic E-state index is 15.0. The van der Waals surface area contributed by atoms with E-state index in [1.165, 1.54) is 50.8 Å². The van der Waals surface area contributed by atoms with E-state index in [0.29, 0.717) is 12.4 Å². The van der Waals surface area contributed by atoms with Gasteiger partial charge in [0, 0.05) is 68.3 Å². The summed E-state index contributed by atoms with van der Waals surface area (Å²) in [6.45, 7) is 9.61. The predicted molar refractivity (Wildman–Crippen MR) is 279 cm³/mol. The van der Waals surface area contributed by atoms with Crippen LogP contribution in [0.5, 0.6) is 5.75 Å². The van der Waals surface area contributed by atoms with E-state index in [-0.39, 0.29) is 49.2 Å². The summed E-state index contributed by atoms with van der Waals surface area (Å²) in [5.74, 6) is -2.34. The van der Waals surface area contributed by atoms with Crippen molar-refractivity contribution in [3.05, 3.63) is 221 Å². The number of aromatic nitrogens is 6. The maximum absolute atomic E-state index is 15.0. The fraction of sp³-hybridized carbons (Fsp3) is 0.310. The van der Waals surface area contributed by atoms with Crippen molar-refractivity contribution >= 4 is 11.4 Å². The van der Waals surface area contributed by atoms with Gasteiger partial charge in [0.05, 0.1) is 31.0 Å². The molecule has 0 saturated carbocycles. The molecule has 4 heterocycles. The third kappa shape index (κ3) is 12.0. The molecule has 2 aliphatic rings. The van der Waals surface area contributed by atoms with E-state index >= 15 is 4.39 Å². The SMILES string of the molecule is CC(OCC(Cc1ccccc1)N(Cc1ccccc1)Cc1ccccc1)C(C)n1ncn(-c2ccc(N3CCN(c4ccc(OCC5COC(Cn6cncn6)(c6ccc(F)cc6F)O5)cc4)CC3)cc2)c1=O. The van der Waals surface area contributed by atoms with E-state index in [9.17, 15) is 9.18 Å². The van der Waals surface area contributed by atoms with Gasteiger partial charge in [0.25, 0.3) is 0 Å². The molecule has 16 heteroatoms. The van der Waals surface area contributed by atoms with Crippen LogP contribution in [-0.2, 0) is 46.1 Å². The van der Waals surface area contributed by atoms with Gasteiger partial charge in [0.15, 0.2) is 0 Å². The van der Waals surface area contributed by atoms with Gasteiger partial charge < -0.3 is 28.7 Å². The Morgan fingerprint density at radius 1 is 0.716 bits per heavy atom. The molecule has 2 aromatic heterocycles. The minimum absolute atomic E-state index is 0.0210. The minimum atomic E-state index is -1.53. The van der Waals surface area contributed by atoms with Gasteiger partial charge in [0.1, 0.15) is 55.6 Å². The van der Waals surface area contributed by atoms with Gasteiger partial charge in [-0.05, 0) is 97.6 Å². The summed E-state index contributed by atoms with van der Waals surface area (Å²) in [5, 5.41) is 8.72. The molecule has 74 heavy (non-hydrogen) atoms. The molecule has 10 rings (SSSR count). The summed E-state index contributed by atoms with van der Waals surface area (Å²) in [6.07, 6.45) is 4.44. The number of anilines is 2. The molecule has 2 fully saturated rings. The molecule has 5 atom stereocenters. The van der Waals surface area contributed by atoms with E-state index in [2.05, 4.69) is 115 Å². The van der Waals surface area contributed by atoms with E-state index in [1.54, 1.807) is 10.9 Å². The van der Waals surface area contributed by atoms with Gasteiger partial charge in [-0.1, -0.05) is 91.0 Å². The van der Waals surface area contributed by atoms with Crippen molar-refractivity contribution < 1.29 is 27.7 Å². The highest BCUT2D eigenvalue weighted by atomic mass is 19.1. The summed E-state index contributed by atoms with van der Waals surface area (Å²) in [6, 6.07) is 50.8. The smallest absolute Gasteiger partial charge is 0.350 e. The first-order chi connectivity index (χ1) is 36.2. The van der Waals surface area contributed by atoms with Crippen LogP contribution in [-0.4, -0.2) is 98.3 Å². The second kappa shape index (κ2) is 23.1. The molecule has 14 nitrogen and oxygen atoms in total. The highest BCUT2D eigenvalue weighted by Gasteiger charge is 2.46. The number of rotatable bonds is 21. The van der Waals surface area contributed by atoms with Gasteiger partial charge in [-0.2, -0.15) is 10.2 Å². The van der Waals surface area contributed by atoms with E-state index < -0.39 is 23.5 Å².